The molecule has 1 heterocycles. The number of rotatable bonds is 0. The molecule has 0 saturated carbocycles. The summed E-state index contributed by atoms with van der Waals surface area (Å²) < 4.78 is 1.12. The molecule has 1 aromatic heterocycles. The molecule has 58 valence electrons. The van der Waals surface area contributed by atoms with Crippen LogP contribution in [0.4, 0.5) is 0 Å². The first kappa shape index (κ1) is 7.56. The van der Waals surface area contributed by atoms with Crippen molar-refractivity contribution in [3.8, 4) is 0 Å². The van der Waals surface area contributed by atoms with E-state index in [1.807, 2.05) is 6.07 Å². The van der Waals surface area contributed by atoms with E-state index >= 15 is 0 Å². The van der Waals surface area contributed by atoms with Crippen molar-refractivity contribution in [2.75, 3.05) is 0 Å². The molecule has 1 aliphatic carbocycles. The Balaban J connectivity index is 2.60. The molecule has 0 fully saturated rings. The van der Waals surface area contributed by atoms with Gasteiger partial charge in [0.05, 0.1) is 0 Å². The van der Waals surface area contributed by atoms with Crippen molar-refractivity contribution in [2.24, 2.45) is 0 Å². The van der Waals surface area contributed by atoms with Crippen LogP contribution in [-0.4, -0.2) is 4.98 Å². The lowest BCUT2D eigenvalue weighted by Gasteiger charge is -2.00. The van der Waals surface area contributed by atoms with E-state index in [1.54, 1.807) is 0 Å². The minimum Gasteiger partial charge on any atom is -0.241 e. The van der Waals surface area contributed by atoms with E-state index in [2.05, 4.69) is 20.9 Å². The number of pyridine rings is 1. The van der Waals surface area contributed by atoms with Crippen LogP contribution in [0.5, 0.6) is 0 Å². The first-order chi connectivity index (χ1) is 5.27. The zero-order valence-corrected chi connectivity index (χ0v) is 8.24. The van der Waals surface area contributed by atoms with Gasteiger partial charge in [-0.05, 0) is 30.9 Å². The van der Waals surface area contributed by atoms with E-state index in [9.17, 15) is 0 Å². The molecule has 0 aromatic carbocycles. The van der Waals surface area contributed by atoms with Gasteiger partial charge in [0.25, 0.3) is 0 Å². The maximum atomic E-state index is 5.79. The summed E-state index contributed by atoms with van der Waals surface area (Å²) in [6, 6.07) is 1.87. The van der Waals surface area contributed by atoms with Gasteiger partial charge in [0.2, 0.25) is 0 Å². The Kier molecular flexibility index (Phi) is 1.90. The van der Waals surface area contributed by atoms with E-state index in [1.165, 1.54) is 17.7 Å². The SMILES string of the molecule is Clc1cc(Br)c2c(n1)CCC2. The standard InChI is InChI=1S/C8H7BrClN/c9-6-4-8(10)11-7-3-1-2-5(6)7/h4H,1-3H2. The molecule has 0 radical (unpaired) electrons. The van der Waals surface area contributed by atoms with Gasteiger partial charge in [-0.25, -0.2) is 4.98 Å². The van der Waals surface area contributed by atoms with Crippen LogP contribution in [0, 0.1) is 0 Å². The smallest absolute Gasteiger partial charge is 0.130 e. The molecule has 1 aromatic rings. The van der Waals surface area contributed by atoms with Gasteiger partial charge < -0.3 is 0 Å². The Morgan fingerprint density at radius 1 is 1.45 bits per heavy atom. The summed E-state index contributed by atoms with van der Waals surface area (Å²) in [5.74, 6) is 0. The molecule has 0 amide bonds. The van der Waals surface area contributed by atoms with Gasteiger partial charge in [-0.15, -0.1) is 0 Å². The molecule has 0 aliphatic heterocycles. The second kappa shape index (κ2) is 2.76. The Labute approximate surface area is 78.9 Å². The zero-order chi connectivity index (χ0) is 7.84. The van der Waals surface area contributed by atoms with Crippen LogP contribution in [0.15, 0.2) is 10.5 Å². The van der Waals surface area contributed by atoms with Crippen molar-refractivity contribution in [2.45, 2.75) is 19.3 Å². The van der Waals surface area contributed by atoms with Gasteiger partial charge in [0, 0.05) is 10.2 Å². The predicted octanol–water partition coefficient (Wildman–Crippen LogP) is 2.99. The highest BCUT2D eigenvalue weighted by atomic mass is 79.9. The first-order valence-electron chi connectivity index (χ1n) is 3.61. The summed E-state index contributed by atoms with van der Waals surface area (Å²) in [4.78, 5) is 4.25. The number of hydrogen-bond donors (Lipinski definition) is 0. The molecule has 2 rings (SSSR count). The lowest BCUT2D eigenvalue weighted by atomic mass is 10.2. The Morgan fingerprint density at radius 2 is 2.27 bits per heavy atom. The number of halogens is 2. The van der Waals surface area contributed by atoms with Crippen molar-refractivity contribution in [1.29, 1.82) is 0 Å². The molecule has 0 spiro atoms. The van der Waals surface area contributed by atoms with E-state index in [0.29, 0.717) is 5.15 Å². The number of aromatic nitrogens is 1. The molecule has 0 unspecified atom stereocenters. The van der Waals surface area contributed by atoms with E-state index in [0.717, 1.165) is 17.3 Å². The topological polar surface area (TPSA) is 12.9 Å². The van der Waals surface area contributed by atoms with Crippen molar-refractivity contribution >= 4 is 27.5 Å². The molecular formula is C8H7BrClN. The summed E-state index contributed by atoms with van der Waals surface area (Å²) >= 11 is 9.26. The summed E-state index contributed by atoms with van der Waals surface area (Å²) in [5, 5.41) is 0.595. The van der Waals surface area contributed by atoms with Crippen LogP contribution in [0.2, 0.25) is 5.15 Å². The van der Waals surface area contributed by atoms with Crippen LogP contribution in [0.3, 0.4) is 0 Å². The number of nitrogens with zero attached hydrogens (tertiary/aromatic N) is 1. The average molecular weight is 233 g/mol. The predicted molar refractivity (Wildman–Crippen MR) is 49.0 cm³/mol. The second-order valence-electron chi connectivity index (χ2n) is 2.71. The second-order valence-corrected chi connectivity index (χ2v) is 3.95. The van der Waals surface area contributed by atoms with E-state index in [-0.39, 0.29) is 0 Å². The van der Waals surface area contributed by atoms with Crippen LogP contribution >= 0.6 is 27.5 Å². The Hall–Kier alpha value is -0.0800. The van der Waals surface area contributed by atoms with E-state index in [4.69, 9.17) is 11.6 Å². The molecule has 3 heteroatoms. The highest BCUT2D eigenvalue weighted by Crippen LogP contribution is 2.29. The Morgan fingerprint density at radius 3 is 3.09 bits per heavy atom. The summed E-state index contributed by atoms with van der Waals surface area (Å²) in [6.45, 7) is 0. The van der Waals surface area contributed by atoms with Crippen LogP contribution in [0.25, 0.3) is 0 Å². The third-order valence-electron chi connectivity index (χ3n) is 1.96. The van der Waals surface area contributed by atoms with Crippen molar-refractivity contribution < 1.29 is 0 Å². The number of fused-ring (bicyclic) bond motifs is 1. The largest absolute Gasteiger partial charge is 0.241 e. The number of hydrogen-bond acceptors (Lipinski definition) is 1. The minimum absolute atomic E-state index is 0.595. The fourth-order valence-corrected chi connectivity index (χ4v) is 2.45. The fraction of sp³-hybridized carbons (Fsp3) is 0.375. The average Bonchev–Trinajstić information content (AvgIpc) is 2.34. The van der Waals surface area contributed by atoms with Crippen LogP contribution in [0.1, 0.15) is 17.7 Å². The van der Waals surface area contributed by atoms with Gasteiger partial charge in [0.15, 0.2) is 0 Å². The monoisotopic (exact) mass is 231 g/mol. The Bertz CT molecular complexity index is 298. The van der Waals surface area contributed by atoms with Crippen LogP contribution in [-0.2, 0) is 12.8 Å². The molecule has 0 bridgehead atoms. The highest BCUT2D eigenvalue weighted by molar-refractivity contribution is 9.10. The molecule has 0 atom stereocenters. The maximum Gasteiger partial charge on any atom is 0.130 e. The lowest BCUT2D eigenvalue weighted by Crippen LogP contribution is -1.89. The van der Waals surface area contributed by atoms with Gasteiger partial charge in [0.1, 0.15) is 5.15 Å². The summed E-state index contributed by atoms with van der Waals surface area (Å²) in [5.41, 5.74) is 2.51. The fourth-order valence-electron chi connectivity index (χ4n) is 1.46. The highest BCUT2D eigenvalue weighted by Gasteiger charge is 2.15. The van der Waals surface area contributed by atoms with Crippen molar-refractivity contribution in [3.05, 3.63) is 26.9 Å². The quantitative estimate of drug-likeness (QED) is 0.627. The molecular weight excluding hydrogens is 225 g/mol. The van der Waals surface area contributed by atoms with Gasteiger partial charge in [-0.2, -0.15) is 0 Å². The van der Waals surface area contributed by atoms with Gasteiger partial charge in [-0.3, -0.25) is 0 Å². The molecule has 0 saturated heterocycles. The summed E-state index contributed by atoms with van der Waals surface area (Å²) in [7, 11) is 0. The van der Waals surface area contributed by atoms with E-state index < -0.39 is 0 Å². The summed E-state index contributed by atoms with van der Waals surface area (Å²) in [6.07, 6.45) is 3.43. The number of aryl methyl sites for hydroxylation is 1. The van der Waals surface area contributed by atoms with Crippen LogP contribution < -0.4 is 0 Å². The lowest BCUT2D eigenvalue weighted by molar-refractivity contribution is 0.899. The maximum absolute atomic E-state index is 5.79. The minimum atomic E-state index is 0.595. The third-order valence-corrected chi connectivity index (χ3v) is 2.87. The molecule has 0 N–H and O–H groups in total. The third kappa shape index (κ3) is 1.30. The molecule has 11 heavy (non-hydrogen) atoms. The first-order valence-corrected chi connectivity index (χ1v) is 4.78. The van der Waals surface area contributed by atoms with Gasteiger partial charge >= 0.3 is 0 Å². The van der Waals surface area contributed by atoms with Gasteiger partial charge in [-0.1, -0.05) is 27.5 Å². The zero-order valence-electron chi connectivity index (χ0n) is 5.90. The molecule has 1 nitrogen and oxygen atoms in total. The van der Waals surface area contributed by atoms with Crippen molar-refractivity contribution in [3.63, 3.8) is 0 Å². The molecule has 1 aliphatic rings. The normalized spacial score (nSPS) is 15.1. The van der Waals surface area contributed by atoms with Crippen molar-refractivity contribution in [1.82, 2.24) is 4.98 Å².